The molecule has 0 saturated carbocycles. The van der Waals surface area contributed by atoms with Crippen LogP contribution in [0.2, 0.25) is 0 Å². The molecule has 0 saturated heterocycles. The van der Waals surface area contributed by atoms with Gasteiger partial charge in [-0.05, 0) is 39.9 Å². The van der Waals surface area contributed by atoms with Crippen molar-refractivity contribution in [1.82, 2.24) is 15.2 Å². The predicted octanol–water partition coefficient (Wildman–Crippen LogP) is 3.23. The molecule has 0 aromatic carbocycles. The highest BCUT2D eigenvalue weighted by atomic mass is 79.9. The molecule has 2 rings (SSSR count). The van der Waals surface area contributed by atoms with Gasteiger partial charge in [0.05, 0.1) is 3.79 Å². The molecule has 0 aliphatic rings. The Balaban J connectivity index is 1.98. The van der Waals surface area contributed by atoms with Gasteiger partial charge in [-0.3, -0.25) is 5.10 Å². The van der Waals surface area contributed by atoms with E-state index in [4.69, 9.17) is 0 Å². The van der Waals surface area contributed by atoms with Gasteiger partial charge < -0.3 is 0 Å². The van der Waals surface area contributed by atoms with E-state index in [1.54, 1.807) is 23.1 Å². The van der Waals surface area contributed by atoms with E-state index in [1.807, 2.05) is 6.92 Å². The summed E-state index contributed by atoms with van der Waals surface area (Å²) in [6.07, 6.45) is 0. The number of halogens is 1. The first-order valence-electron chi connectivity index (χ1n) is 3.99. The fourth-order valence-corrected chi connectivity index (χ4v) is 3.30. The predicted molar refractivity (Wildman–Crippen MR) is 62.7 cm³/mol. The minimum Gasteiger partial charge on any atom is -0.262 e. The van der Waals surface area contributed by atoms with Crippen molar-refractivity contribution in [2.75, 3.05) is 0 Å². The van der Waals surface area contributed by atoms with Crippen molar-refractivity contribution in [1.29, 1.82) is 0 Å². The largest absolute Gasteiger partial charge is 0.262 e. The third-order valence-electron chi connectivity index (χ3n) is 1.63. The molecule has 0 fully saturated rings. The molecule has 14 heavy (non-hydrogen) atoms. The highest BCUT2D eigenvalue weighted by molar-refractivity contribution is 9.11. The van der Waals surface area contributed by atoms with E-state index in [2.05, 4.69) is 42.6 Å². The smallest absolute Gasteiger partial charge is 0.208 e. The molecule has 0 aliphatic heterocycles. The van der Waals surface area contributed by atoms with Gasteiger partial charge in [0.1, 0.15) is 5.82 Å². The number of aromatic amines is 1. The number of hydrogen-bond acceptors (Lipinski definition) is 4. The molecule has 0 atom stereocenters. The van der Waals surface area contributed by atoms with E-state index in [0.717, 1.165) is 16.7 Å². The quantitative estimate of drug-likeness (QED) is 0.882. The molecule has 2 aromatic heterocycles. The van der Waals surface area contributed by atoms with Crippen molar-refractivity contribution < 1.29 is 0 Å². The zero-order chi connectivity index (χ0) is 9.97. The molecule has 0 unspecified atom stereocenters. The van der Waals surface area contributed by atoms with E-state index in [-0.39, 0.29) is 0 Å². The summed E-state index contributed by atoms with van der Waals surface area (Å²) in [5.41, 5.74) is 1.29. The van der Waals surface area contributed by atoms with Crippen LogP contribution in [-0.2, 0) is 5.75 Å². The molecule has 0 amide bonds. The Morgan fingerprint density at radius 2 is 2.50 bits per heavy atom. The first kappa shape index (κ1) is 10.2. The summed E-state index contributed by atoms with van der Waals surface area (Å²) in [6, 6.07) is 2.11. The molecule has 0 radical (unpaired) electrons. The SMILES string of the molecule is Cc1nc(SCc2ccsc2Br)n[nH]1. The van der Waals surface area contributed by atoms with E-state index in [9.17, 15) is 0 Å². The van der Waals surface area contributed by atoms with Gasteiger partial charge in [-0.25, -0.2) is 4.98 Å². The standard InChI is InChI=1S/C8H8BrN3S2/c1-5-10-8(12-11-5)14-4-6-2-3-13-7(6)9/h2-3H,4H2,1H3,(H,10,11,12). The van der Waals surface area contributed by atoms with Crippen molar-refractivity contribution in [3.8, 4) is 0 Å². The highest BCUT2D eigenvalue weighted by Gasteiger charge is 2.04. The van der Waals surface area contributed by atoms with Crippen LogP contribution in [0.3, 0.4) is 0 Å². The molecule has 3 nitrogen and oxygen atoms in total. The second kappa shape index (κ2) is 4.46. The van der Waals surface area contributed by atoms with Crippen LogP contribution >= 0.6 is 39.0 Å². The van der Waals surface area contributed by atoms with Crippen LogP contribution in [0, 0.1) is 6.92 Å². The number of thiophene rings is 1. The maximum Gasteiger partial charge on any atom is 0.208 e. The van der Waals surface area contributed by atoms with Crippen molar-refractivity contribution in [3.63, 3.8) is 0 Å². The number of H-pyrrole nitrogens is 1. The van der Waals surface area contributed by atoms with Crippen molar-refractivity contribution >= 4 is 39.0 Å². The van der Waals surface area contributed by atoms with Crippen molar-refractivity contribution in [3.05, 3.63) is 26.6 Å². The Hall–Kier alpha value is -0.330. The summed E-state index contributed by atoms with van der Waals surface area (Å²) in [4.78, 5) is 4.22. The number of aryl methyl sites for hydroxylation is 1. The lowest BCUT2D eigenvalue weighted by atomic mass is 10.4. The molecule has 2 aromatic rings. The van der Waals surface area contributed by atoms with Crippen LogP contribution < -0.4 is 0 Å². The average molecular weight is 290 g/mol. The normalized spacial score (nSPS) is 10.7. The summed E-state index contributed by atoms with van der Waals surface area (Å²) in [5, 5.41) is 9.76. The third kappa shape index (κ3) is 2.37. The summed E-state index contributed by atoms with van der Waals surface area (Å²) in [5.74, 6) is 1.76. The fraction of sp³-hybridized carbons (Fsp3) is 0.250. The average Bonchev–Trinajstić information content (AvgIpc) is 2.72. The summed E-state index contributed by atoms with van der Waals surface area (Å²) < 4.78 is 1.19. The van der Waals surface area contributed by atoms with Gasteiger partial charge in [-0.15, -0.1) is 16.4 Å². The van der Waals surface area contributed by atoms with Gasteiger partial charge in [0.15, 0.2) is 0 Å². The van der Waals surface area contributed by atoms with Gasteiger partial charge in [0, 0.05) is 5.75 Å². The Bertz CT molecular complexity index is 424. The van der Waals surface area contributed by atoms with Gasteiger partial charge >= 0.3 is 0 Å². The topological polar surface area (TPSA) is 41.6 Å². The zero-order valence-electron chi connectivity index (χ0n) is 7.45. The van der Waals surface area contributed by atoms with Crippen molar-refractivity contribution in [2.24, 2.45) is 0 Å². The lowest BCUT2D eigenvalue weighted by Crippen LogP contribution is -1.79. The molecule has 2 heterocycles. The molecular formula is C8H8BrN3S2. The first-order valence-corrected chi connectivity index (χ1v) is 6.65. The third-order valence-corrected chi connectivity index (χ3v) is 4.33. The van der Waals surface area contributed by atoms with Gasteiger partial charge in [-0.2, -0.15) is 0 Å². The lowest BCUT2D eigenvalue weighted by Gasteiger charge is -1.94. The Kier molecular flexibility index (Phi) is 3.25. The highest BCUT2D eigenvalue weighted by Crippen LogP contribution is 2.28. The van der Waals surface area contributed by atoms with E-state index in [0.29, 0.717) is 0 Å². The number of rotatable bonds is 3. The minimum absolute atomic E-state index is 0.806. The number of hydrogen-bond donors (Lipinski definition) is 1. The van der Waals surface area contributed by atoms with E-state index in [1.165, 1.54) is 9.35 Å². The summed E-state index contributed by atoms with van der Waals surface area (Å²) >= 11 is 6.84. The van der Waals surface area contributed by atoms with Crippen LogP contribution in [-0.4, -0.2) is 15.2 Å². The monoisotopic (exact) mass is 289 g/mol. The lowest BCUT2D eigenvalue weighted by molar-refractivity contribution is 0.969. The molecule has 1 N–H and O–H groups in total. The molecular weight excluding hydrogens is 282 g/mol. The molecule has 74 valence electrons. The summed E-state index contributed by atoms with van der Waals surface area (Å²) in [6.45, 7) is 1.90. The van der Waals surface area contributed by atoms with Crippen molar-refractivity contribution in [2.45, 2.75) is 17.8 Å². The molecule has 0 aliphatic carbocycles. The van der Waals surface area contributed by atoms with Gasteiger partial charge in [0.25, 0.3) is 0 Å². The van der Waals surface area contributed by atoms with Gasteiger partial charge in [0.2, 0.25) is 5.16 Å². The van der Waals surface area contributed by atoms with Gasteiger partial charge in [-0.1, -0.05) is 11.8 Å². The number of nitrogens with one attached hydrogen (secondary N) is 1. The maximum absolute atomic E-state index is 4.22. The fourth-order valence-electron chi connectivity index (χ4n) is 0.951. The van der Waals surface area contributed by atoms with E-state index >= 15 is 0 Å². The molecule has 0 bridgehead atoms. The van der Waals surface area contributed by atoms with Crippen LogP contribution in [0.5, 0.6) is 0 Å². The first-order chi connectivity index (χ1) is 6.75. The number of aromatic nitrogens is 3. The van der Waals surface area contributed by atoms with Crippen LogP contribution in [0.25, 0.3) is 0 Å². The second-order valence-corrected chi connectivity index (χ2v) is 5.89. The summed E-state index contributed by atoms with van der Waals surface area (Å²) in [7, 11) is 0. The number of thioether (sulfide) groups is 1. The van der Waals surface area contributed by atoms with Crippen LogP contribution in [0.15, 0.2) is 20.4 Å². The minimum atomic E-state index is 0.806. The van der Waals surface area contributed by atoms with E-state index < -0.39 is 0 Å². The van der Waals surface area contributed by atoms with Crippen LogP contribution in [0.4, 0.5) is 0 Å². The van der Waals surface area contributed by atoms with Crippen LogP contribution in [0.1, 0.15) is 11.4 Å². The maximum atomic E-state index is 4.22. The Labute approximate surface area is 98.5 Å². The Morgan fingerprint density at radius 3 is 3.07 bits per heavy atom. The second-order valence-electron chi connectivity index (χ2n) is 2.71. The molecule has 6 heteroatoms. The molecule has 0 spiro atoms. The Morgan fingerprint density at radius 1 is 1.64 bits per heavy atom. The number of nitrogens with zero attached hydrogens (tertiary/aromatic N) is 2. The zero-order valence-corrected chi connectivity index (χ0v) is 10.7.